The SMILES string of the molecule is CC(C)c1ccc2ccccc2c1C(C)(C)C. The molecule has 0 unspecified atom stereocenters. The van der Waals surface area contributed by atoms with E-state index in [2.05, 4.69) is 71.0 Å². The number of benzene rings is 2. The van der Waals surface area contributed by atoms with Gasteiger partial charge in [0.25, 0.3) is 0 Å². The summed E-state index contributed by atoms with van der Waals surface area (Å²) in [7, 11) is 0. The molecule has 0 spiro atoms. The molecule has 2 aromatic rings. The Hall–Kier alpha value is -1.30. The third-order valence-corrected chi connectivity index (χ3v) is 3.33. The zero-order valence-corrected chi connectivity index (χ0v) is 11.5. The van der Waals surface area contributed by atoms with Crippen molar-refractivity contribution in [3.8, 4) is 0 Å². The van der Waals surface area contributed by atoms with Crippen molar-refractivity contribution in [1.82, 2.24) is 0 Å². The van der Waals surface area contributed by atoms with Gasteiger partial charge in [-0.1, -0.05) is 71.0 Å². The minimum atomic E-state index is 0.195. The van der Waals surface area contributed by atoms with Crippen LogP contribution in [0.4, 0.5) is 0 Å². The van der Waals surface area contributed by atoms with E-state index in [4.69, 9.17) is 0 Å². The Morgan fingerprint density at radius 2 is 1.53 bits per heavy atom. The lowest BCUT2D eigenvalue weighted by molar-refractivity contribution is 0.583. The van der Waals surface area contributed by atoms with Crippen LogP contribution in [0, 0.1) is 0 Å². The van der Waals surface area contributed by atoms with Crippen molar-refractivity contribution in [2.24, 2.45) is 0 Å². The van der Waals surface area contributed by atoms with E-state index >= 15 is 0 Å². The van der Waals surface area contributed by atoms with Crippen molar-refractivity contribution >= 4 is 10.8 Å². The lowest BCUT2D eigenvalue weighted by Crippen LogP contribution is -2.15. The molecule has 0 atom stereocenters. The molecular weight excluding hydrogens is 204 g/mol. The molecule has 0 heterocycles. The first-order valence-corrected chi connectivity index (χ1v) is 6.43. The van der Waals surface area contributed by atoms with E-state index < -0.39 is 0 Å². The number of hydrogen-bond donors (Lipinski definition) is 0. The molecule has 0 aliphatic carbocycles. The quantitative estimate of drug-likeness (QED) is 0.622. The largest absolute Gasteiger partial charge is 0.0616 e. The van der Waals surface area contributed by atoms with Crippen LogP contribution in [-0.4, -0.2) is 0 Å². The van der Waals surface area contributed by atoms with Crippen molar-refractivity contribution in [3.05, 3.63) is 47.5 Å². The van der Waals surface area contributed by atoms with Gasteiger partial charge in [-0.05, 0) is 33.2 Å². The van der Waals surface area contributed by atoms with Crippen LogP contribution >= 0.6 is 0 Å². The van der Waals surface area contributed by atoms with Crippen LogP contribution < -0.4 is 0 Å². The van der Waals surface area contributed by atoms with Crippen molar-refractivity contribution in [1.29, 1.82) is 0 Å². The minimum absolute atomic E-state index is 0.195. The van der Waals surface area contributed by atoms with Crippen LogP contribution in [0.2, 0.25) is 0 Å². The van der Waals surface area contributed by atoms with E-state index in [-0.39, 0.29) is 5.41 Å². The molecule has 0 radical (unpaired) electrons. The molecule has 0 fully saturated rings. The van der Waals surface area contributed by atoms with Crippen molar-refractivity contribution < 1.29 is 0 Å². The standard InChI is InChI=1S/C17H22/c1-12(2)14-11-10-13-8-6-7-9-15(13)16(14)17(3,4)5/h6-12H,1-5H3. The fourth-order valence-electron chi connectivity index (χ4n) is 2.61. The summed E-state index contributed by atoms with van der Waals surface area (Å²) in [5, 5.41) is 2.76. The Balaban J connectivity index is 2.85. The molecule has 0 aromatic heterocycles. The van der Waals surface area contributed by atoms with Gasteiger partial charge in [-0.2, -0.15) is 0 Å². The third-order valence-electron chi connectivity index (χ3n) is 3.33. The maximum Gasteiger partial charge on any atom is -0.0123 e. The number of hydrogen-bond acceptors (Lipinski definition) is 0. The Labute approximate surface area is 105 Å². The van der Waals surface area contributed by atoms with Gasteiger partial charge in [-0.15, -0.1) is 0 Å². The van der Waals surface area contributed by atoms with Crippen LogP contribution in [0.3, 0.4) is 0 Å². The summed E-state index contributed by atoms with van der Waals surface area (Å²) in [6.07, 6.45) is 0. The predicted octanol–water partition coefficient (Wildman–Crippen LogP) is 5.26. The highest BCUT2D eigenvalue weighted by Gasteiger charge is 2.21. The molecule has 0 bridgehead atoms. The van der Waals surface area contributed by atoms with Gasteiger partial charge in [0, 0.05) is 0 Å². The monoisotopic (exact) mass is 226 g/mol. The van der Waals surface area contributed by atoms with Gasteiger partial charge in [-0.25, -0.2) is 0 Å². The van der Waals surface area contributed by atoms with E-state index in [1.165, 1.54) is 21.9 Å². The van der Waals surface area contributed by atoms with Gasteiger partial charge >= 0.3 is 0 Å². The highest BCUT2D eigenvalue weighted by Crippen LogP contribution is 2.36. The lowest BCUT2D eigenvalue weighted by atomic mass is 9.78. The summed E-state index contributed by atoms with van der Waals surface area (Å²) < 4.78 is 0. The molecular formula is C17H22. The molecule has 0 heteroatoms. The van der Waals surface area contributed by atoms with E-state index in [9.17, 15) is 0 Å². The predicted molar refractivity (Wildman–Crippen MR) is 76.7 cm³/mol. The average molecular weight is 226 g/mol. The minimum Gasteiger partial charge on any atom is -0.0616 e. The van der Waals surface area contributed by atoms with Gasteiger partial charge in [-0.3, -0.25) is 0 Å². The Kier molecular flexibility index (Phi) is 2.99. The van der Waals surface area contributed by atoms with Crippen LogP contribution in [0.1, 0.15) is 51.7 Å². The summed E-state index contributed by atoms with van der Waals surface area (Å²) in [6, 6.07) is 13.3. The second-order valence-electron chi connectivity index (χ2n) is 6.16. The molecule has 0 amide bonds. The number of fused-ring (bicyclic) bond motifs is 1. The van der Waals surface area contributed by atoms with Gasteiger partial charge in [0.1, 0.15) is 0 Å². The zero-order chi connectivity index (χ0) is 12.6. The average Bonchev–Trinajstić information content (AvgIpc) is 2.26. The molecule has 90 valence electrons. The van der Waals surface area contributed by atoms with Crippen molar-refractivity contribution in [2.75, 3.05) is 0 Å². The molecule has 2 aromatic carbocycles. The molecule has 0 aliphatic rings. The second kappa shape index (κ2) is 4.18. The molecule has 17 heavy (non-hydrogen) atoms. The van der Waals surface area contributed by atoms with Gasteiger partial charge in [0.05, 0.1) is 0 Å². The van der Waals surface area contributed by atoms with Crippen LogP contribution in [0.25, 0.3) is 10.8 Å². The summed E-state index contributed by atoms with van der Waals surface area (Å²) in [4.78, 5) is 0. The van der Waals surface area contributed by atoms with E-state index in [0.717, 1.165) is 0 Å². The molecule has 0 nitrogen and oxygen atoms in total. The van der Waals surface area contributed by atoms with Gasteiger partial charge < -0.3 is 0 Å². The smallest absolute Gasteiger partial charge is 0.0123 e. The third kappa shape index (κ3) is 2.22. The summed E-state index contributed by atoms with van der Waals surface area (Å²) >= 11 is 0. The Morgan fingerprint density at radius 1 is 0.882 bits per heavy atom. The fraction of sp³-hybridized carbons (Fsp3) is 0.412. The first kappa shape index (κ1) is 12.2. The Morgan fingerprint density at radius 3 is 2.12 bits per heavy atom. The highest BCUT2D eigenvalue weighted by molar-refractivity contribution is 5.87. The molecule has 0 saturated heterocycles. The second-order valence-corrected chi connectivity index (χ2v) is 6.16. The van der Waals surface area contributed by atoms with Gasteiger partial charge in [0.2, 0.25) is 0 Å². The van der Waals surface area contributed by atoms with E-state index in [0.29, 0.717) is 5.92 Å². The van der Waals surface area contributed by atoms with E-state index in [1.54, 1.807) is 0 Å². The molecule has 0 aliphatic heterocycles. The van der Waals surface area contributed by atoms with Crippen LogP contribution in [0.15, 0.2) is 36.4 Å². The topological polar surface area (TPSA) is 0 Å². The summed E-state index contributed by atoms with van der Waals surface area (Å²) in [6.45, 7) is 11.5. The van der Waals surface area contributed by atoms with Crippen LogP contribution in [0.5, 0.6) is 0 Å². The van der Waals surface area contributed by atoms with Crippen LogP contribution in [-0.2, 0) is 5.41 Å². The van der Waals surface area contributed by atoms with Crippen molar-refractivity contribution in [2.45, 2.75) is 46.0 Å². The molecule has 2 rings (SSSR count). The first-order valence-electron chi connectivity index (χ1n) is 6.43. The highest BCUT2D eigenvalue weighted by atomic mass is 14.3. The summed E-state index contributed by atoms with van der Waals surface area (Å²) in [5.74, 6) is 0.578. The van der Waals surface area contributed by atoms with Gasteiger partial charge in [0.15, 0.2) is 0 Å². The maximum absolute atomic E-state index is 2.31. The zero-order valence-electron chi connectivity index (χ0n) is 11.5. The lowest BCUT2D eigenvalue weighted by Gasteiger charge is -2.27. The normalized spacial score (nSPS) is 12.4. The summed E-state index contributed by atoms with van der Waals surface area (Å²) in [5.41, 5.74) is 3.18. The molecule has 0 saturated carbocycles. The number of rotatable bonds is 1. The molecule has 0 N–H and O–H groups in total. The van der Waals surface area contributed by atoms with E-state index in [1.807, 2.05) is 0 Å². The maximum atomic E-state index is 2.31. The van der Waals surface area contributed by atoms with Crippen molar-refractivity contribution in [3.63, 3.8) is 0 Å². The Bertz CT molecular complexity index is 527. The fourth-order valence-corrected chi connectivity index (χ4v) is 2.61. The first-order chi connectivity index (χ1) is 7.91.